The van der Waals surface area contributed by atoms with Gasteiger partial charge in [-0.3, -0.25) is 0 Å². The van der Waals surface area contributed by atoms with Crippen LogP contribution in [0.25, 0.3) is 0 Å². The second-order valence-corrected chi connectivity index (χ2v) is 4.14. The van der Waals surface area contributed by atoms with Crippen molar-refractivity contribution in [3.63, 3.8) is 0 Å². The zero-order valence-corrected chi connectivity index (χ0v) is 6.42. The van der Waals surface area contributed by atoms with Crippen LogP contribution in [0.1, 0.15) is 26.2 Å². The van der Waals surface area contributed by atoms with Crippen LogP contribution in [0.15, 0.2) is 0 Å². The maximum absolute atomic E-state index is 5.49. The van der Waals surface area contributed by atoms with Crippen molar-refractivity contribution in [1.29, 1.82) is 0 Å². The Labute approximate surface area is 61.8 Å². The lowest BCUT2D eigenvalue weighted by Gasteiger charge is -2.22. The summed E-state index contributed by atoms with van der Waals surface area (Å²) in [5.74, 6) is 3.04. The van der Waals surface area contributed by atoms with E-state index in [4.69, 9.17) is 4.74 Å². The van der Waals surface area contributed by atoms with Crippen molar-refractivity contribution in [3.8, 4) is 0 Å². The lowest BCUT2D eigenvalue weighted by atomic mass is 9.77. The van der Waals surface area contributed by atoms with Crippen molar-refractivity contribution in [2.45, 2.75) is 38.4 Å². The van der Waals surface area contributed by atoms with E-state index in [1.165, 1.54) is 19.3 Å². The number of hydrogen-bond acceptors (Lipinski definition) is 1. The Morgan fingerprint density at radius 1 is 1.20 bits per heavy atom. The van der Waals surface area contributed by atoms with Gasteiger partial charge in [-0.25, -0.2) is 0 Å². The molecule has 0 aromatic heterocycles. The van der Waals surface area contributed by atoms with Gasteiger partial charge in [-0.2, -0.15) is 0 Å². The molecule has 0 bridgehead atoms. The predicted octanol–water partition coefficient (Wildman–Crippen LogP) is 1.82. The molecular weight excluding hydrogens is 124 g/mol. The fraction of sp³-hybridized carbons (Fsp3) is 1.00. The summed E-state index contributed by atoms with van der Waals surface area (Å²) >= 11 is 0. The highest BCUT2D eigenvalue weighted by Crippen LogP contribution is 2.61. The quantitative estimate of drug-likeness (QED) is 0.503. The molecule has 0 N–H and O–H groups in total. The monoisotopic (exact) mass is 138 g/mol. The van der Waals surface area contributed by atoms with Crippen molar-refractivity contribution < 1.29 is 4.74 Å². The maximum Gasteiger partial charge on any atom is 0.0876 e. The second-order valence-electron chi connectivity index (χ2n) is 4.14. The van der Waals surface area contributed by atoms with E-state index in [-0.39, 0.29) is 0 Å². The van der Waals surface area contributed by atoms with Crippen LogP contribution < -0.4 is 0 Å². The molecule has 0 aromatic carbocycles. The van der Waals surface area contributed by atoms with Crippen molar-refractivity contribution in [2.75, 3.05) is 0 Å². The molecule has 3 rings (SSSR count). The molecule has 4 unspecified atom stereocenters. The summed E-state index contributed by atoms with van der Waals surface area (Å²) in [6.07, 6.45) is 5.82. The van der Waals surface area contributed by atoms with Gasteiger partial charge in [0, 0.05) is 0 Å². The smallest absolute Gasteiger partial charge is 0.0876 e. The molecular formula is C9H14O. The van der Waals surface area contributed by atoms with Crippen molar-refractivity contribution in [2.24, 2.45) is 17.8 Å². The molecule has 0 amide bonds. The maximum atomic E-state index is 5.49. The first kappa shape index (κ1) is 5.59. The first-order valence-electron chi connectivity index (χ1n) is 4.55. The molecule has 3 aliphatic rings. The lowest BCUT2D eigenvalue weighted by molar-refractivity contribution is 0.290. The molecule has 2 aliphatic carbocycles. The minimum atomic E-state index is 0.738. The molecule has 2 saturated carbocycles. The molecule has 4 atom stereocenters. The van der Waals surface area contributed by atoms with Crippen molar-refractivity contribution >= 4 is 0 Å². The number of hydrogen-bond donors (Lipinski definition) is 0. The van der Waals surface area contributed by atoms with Crippen LogP contribution >= 0.6 is 0 Å². The van der Waals surface area contributed by atoms with Crippen LogP contribution in [0.2, 0.25) is 0 Å². The Morgan fingerprint density at radius 2 is 1.80 bits per heavy atom. The summed E-state index contributed by atoms with van der Waals surface area (Å²) in [5, 5.41) is 0. The van der Waals surface area contributed by atoms with Gasteiger partial charge in [-0.15, -0.1) is 0 Å². The molecule has 56 valence electrons. The van der Waals surface area contributed by atoms with Gasteiger partial charge < -0.3 is 4.74 Å². The van der Waals surface area contributed by atoms with Crippen LogP contribution in [-0.4, -0.2) is 12.2 Å². The minimum Gasteiger partial charge on any atom is -0.369 e. The van der Waals surface area contributed by atoms with Gasteiger partial charge in [-0.05, 0) is 30.6 Å². The highest BCUT2D eigenvalue weighted by Gasteiger charge is 2.66. The van der Waals surface area contributed by atoms with Crippen LogP contribution in [0.4, 0.5) is 0 Å². The normalized spacial score (nSPS) is 62.7. The molecule has 0 spiro atoms. The van der Waals surface area contributed by atoms with Gasteiger partial charge in [0.15, 0.2) is 0 Å². The summed E-state index contributed by atoms with van der Waals surface area (Å²) in [6.45, 7) is 2.32. The van der Waals surface area contributed by atoms with Crippen molar-refractivity contribution in [1.82, 2.24) is 0 Å². The van der Waals surface area contributed by atoms with Gasteiger partial charge in [-0.1, -0.05) is 13.3 Å². The summed E-state index contributed by atoms with van der Waals surface area (Å²) < 4.78 is 5.49. The standard InChI is InChI=1S/C9H14O/c1-2-5-3-6-7(4-5)9-8(6)10-9/h5-9H,2-4H2,1H3. The highest BCUT2D eigenvalue weighted by molar-refractivity contribution is 5.13. The van der Waals surface area contributed by atoms with E-state index >= 15 is 0 Å². The van der Waals surface area contributed by atoms with E-state index in [2.05, 4.69) is 6.92 Å². The van der Waals surface area contributed by atoms with E-state index < -0.39 is 0 Å². The number of ether oxygens (including phenoxy) is 1. The fourth-order valence-corrected chi connectivity index (χ4v) is 2.98. The molecule has 0 aromatic rings. The lowest BCUT2D eigenvalue weighted by Crippen LogP contribution is -2.31. The van der Waals surface area contributed by atoms with Gasteiger partial charge in [0.1, 0.15) is 0 Å². The van der Waals surface area contributed by atoms with E-state index in [1.54, 1.807) is 0 Å². The predicted molar refractivity (Wildman–Crippen MR) is 38.7 cm³/mol. The molecule has 1 heterocycles. The first-order chi connectivity index (χ1) is 4.90. The number of fused-ring (bicyclic) bond motifs is 4. The Morgan fingerprint density at radius 3 is 2.30 bits per heavy atom. The zero-order valence-electron chi connectivity index (χ0n) is 6.42. The number of epoxide rings is 1. The third-order valence-corrected chi connectivity index (χ3v) is 3.74. The van der Waals surface area contributed by atoms with Crippen LogP contribution in [0.3, 0.4) is 0 Å². The second kappa shape index (κ2) is 1.58. The Bertz CT molecular complexity index is 150. The summed E-state index contributed by atoms with van der Waals surface area (Å²) in [7, 11) is 0. The average Bonchev–Trinajstić information content (AvgIpc) is 2.56. The molecule has 1 heteroatoms. The third kappa shape index (κ3) is 0.493. The summed E-state index contributed by atoms with van der Waals surface area (Å²) in [4.78, 5) is 0. The number of rotatable bonds is 1. The average molecular weight is 138 g/mol. The first-order valence-corrected chi connectivity index (χ1v) is 4.55. The van der Waals surface area contributed by atoms with Gasteiger partial charge in [0.25, 0.3) is 0 Å². The van der Waals surface area contributed by atoms with Crippen molar-refractivity contribution in [3.05, 3.63) is 0 Å². The van der Waals surface area contributed by atoms with Gasteiger partial charge in [0.2, 0.25) is 0 Å². The van der Waals surface area contributed by atoms with Gasteiger partial charge >= 0.3 is 0 Å². The summed E-state index contributed by atoms with van der Waals surface area (Å²) in [5.41, 5.74) is 0. The largest absolute Gasteiger partial charge is 0.369 e. The summed E-state index contributed by atoms with van der Waals surface area (Å²) in [6, 6.07) is 0. The molecule has 10 heavy (non-hydrogen) atoms. The molecule has 0 radical (unpaired) electrons. The SMILES string of the molecule is CCC1CC2C(C1)C1OC21. The van der Waals surface area contributed by atoms with E-state index in [9.17, 15) is 0 Å². The molecule has 1 nitrogen and oxygen atoms in total. The Balaban J connectivity index is 1.73. The Kier molecular flexibility index (Phi) is 0.883. The zero-order chi connectivity index (χ0) is 6.72. The van der Waals surface area contributed by atoms with E-state index in [1.807, 2.05) is 0 Å². The van der Waals surface area contributed by atoms with Crippen LogP contribution in [0, 0.1) is 17.8 Å². The third-order valence-electron chi connectivity index (χ3n) is 3.74. The topological polar surface area (TPSA) is 12.5 Å². The van der Waals surface area contributed by atoms with E-state index in [0.717, 1.165) is 30.0 Å². The minimum absolute atomic E-state index is 0.738. The van der Waals surface area contributed by atoms with Crippen LogP contribution in [-0.2, 0) is 4.74 Å². The van der Waals surface area contributed by atoms with Crippen LogP contribution in [0.5, 0.6) is 0 Å². The van der Waals surface area contributed by atoms with E-state index in [0.29, 0.717) is 0 Å². The molecule has 1 aliphatic heterocycles. The highest BCUT2D eigenvalue weighted by atomic mass is 16.6. The molecule has 1 saturated heterocycles. The molecule has 3 fully saturated rings. The Hall–Kier alpha value is -0.0400. The fourth-order valence-electron chi connectivity index (χ4n) is 2.98. The van der Waals surface area contributed by atoms with Gasteiger partial charge in [0.05, 0.1) is 12.2 Å².